The molecule has 152 valence electrons. The number of amides is 1. The third-order valence-electron chi connectivity index (χ3n) is 4.93. The molecule has 3 aromatic heterocycles. The summed E-state index contributed by atoms with van der Waals surface area (Å²) in [6, 6.07) is 5.45. The smallest absolute Gasteiger partial charge is 0.264 e. The van der Waals surface area contributed by atoms with Crippen LogP contribution in [0.15, 0.2) is 47.1 Å². The van der Waals surface area contributed by atoms with E-state index in [0.29, 0.717) is 29.2 Å². The number of carbonyl (C=O) groups excluding carboxylic acids is 1. The Hall–Kier alpha value is -2.56. The summed E-state index contributed by atoms with van der Waals surface area (Å²) in [6.07, 6.45) is 4.75. The van der Waals surface area contributed by atoms with Gasteiger partial charge in [0.05, 0.1) is 4.88 Å². The van der Waals surface area contributed by atoms with Gasteiger partial charge in [-0.1, -0.05) is 0 Å². The summed E-state index contributed by atoms with van der Waals surface area (Å²) < 4.78 is 29.5. The van der Waals surface area contributed by atoms with Crippen LogP contribution in [0.1, 0.15) is 15.2 Å². The zero-order valence-corrected chi connectivity index (χ0v) is 17.8. The highest BCUT2D eigenvalue weighted by Crippen LogP contribution is 2.28. The van der Waals surface area contributed by atoms with Crippen molar-refractivity contribution in [2.75, 3.05) is 26.2 Å². The van der Waals surface area contributed by atoms with Gasteiger partial charge in [-0.05, 0) is 36.1 Å². The molecular weight excluding hydrogens is 410 g/mol. The van der Waals surface area contributed by atoms with E-state index in [4.69, 9.17) is 0 Å². The fourth-order valence-electron chi connectivity index (χ4n) is 3.36. The van der Waals surface area contributed by atoms with Gasteiger partial charge in [0.1, 0.15) is 10.6 Å². The molecule has 0 aromatic carbocycles. The van der Waals surface area contributed by atoms with Gasteiger partial charge in [0.2, 0.25) is 10.0 Å². The van der Waals surface area contributed by atoms with Crippen molar-refractivity contribution < 1.29 is 13.2 Å². The highest BCUT2D eigenvalue weighted by molar-refractivity contribution is 7.89. The van der Waals surface area contributed by atoms with Crippen LogP contribution in [0.25, 0.3) is 11.3 Å². The van der Waals surface area contributed by atoms with Gasteiger partial charge >= 0.3 is 0 Å². The van der Waals surface area contributed by atoms with Crippen LogP contribution >= 0.6 is 11.3 Å². The third kappa shape index (κ3) is 3.70. The number of pyridine rings is 1. The molecule has 0 unspecified atom stereocenters. The molecule has 0 radical (unpaired) electrons. The lowest BCUT2D eigenvalue weighted by Crippen LogP contribution is -2.50. The molecule has 3 aromatic rings. The molecule has 29 heavy (non-hydrogen) atoms. The van der Waals surface area contributed by atoms with Gasteiger partial charge in [0.25, 0.3) is 5.91 Å². The molecule has 8 nitrogen and oxygen atoms in total. The predicted octanol–water partition coefficient (Wildman–Crippen LogP) is 2.00. The summed E-state index contributed by atoms with van der Waals surface area (Å²) in [5.74, 6) is -0.0352. The van der Waals surface area contributed by atoms with Crippen LogP contribution in [-0.4, -0.2) is 64.5 Å². The van der Waals surface area contributed by atoms with Gasteiger partial charge in [-0.15, -0.1) is 11.3 Å². The van der Waals surface area contributed by atoms with E-state index in [0.717, 1.165) is 5.56 Å². The Morgan fingerprint density at radius 2 is 1.93 bits per heavy atom. The number of aromatic nitrogens is 3. The lowest BCUT2D eigenvalue weighted by molar-refractivity contribution is 0.0702. The normalized spacial score (nSPS) is 15.6. The number of hydrogen-bond donors (Lipinski definition) is 0. The summed E-state index contributed by atoms with van der Waals surface area (Å²) in [6.45, 7) is 3.13. The maximum Gasteiger partial charge on any atom is 0.264 e. The van der Waals surface area contributed by atoms with Crippen molar-refractivity contribution in [2.45, 2.75) is 11.8 Å². The predicted molar refractivity (Wildman–Crippen MR) is 110 cm³/mol. The Morgan fingerprint density at radius 3 is 2.55 bits per heavy atom. The van der Waals surface area contributed by atoms with Gasteiger partial charge < -0.3 is 4.90 Å². The molecule has 0 spiro atoms. The Bertz CT molecular complexity index is 1130. The monoisotopic (exact) mass is 431 g/mol. The SMILES string of the molecule is Cc1ccsc1C(=O)N1CCN(S(=O)(=O)c2cn(C)nc2-c2cccnc2)CC1. The van der Waals surface area contributed by atoms with E-state index in [1.54, 1.807) is 36.5 Å². The first-order valence-electron chi connectivity index (χ1n) is 9.15. The van der Waals surface area contributed by atoms with Crippen LogP contribution in [0.5, 0.6) is 0 Å². The average Bonchev–Trinajstić information content (AvgIpc) is 3.34. The van der Waals surface area contributed by atoms with E-state index in [-0.39, 0.29) is 23.9 Å². The number of nitrogens with zero attached hydrogens (tertiary/aromatic N) is 5. The highest BCUT2D eigenvalue weighted by atomic mass is 32.2. The van der Waals surface area contributed by atoms with E-state index in [2.05, 4.69) is 10.1 Å². The molecule has 0 atom stereocenters. The van der Waals surface area contributed by atoms with Crippen LogP contribution in [-0.2, 0) is 17.1 Å². The second-order valence-corrected chi connectivity index (χ2v) is 9.71. The van der Waals surface area contributed by atoms with Crippen molar-refractivity contribution in [2.24, 2.45) is 7.05 Å². The van der Waals surface area contributed by atoms with Gasteiger partial charge in [-0.2, -0.15) is 9.40 Å². The van der Waals surface area contributed by atoms with Crippen molar-refractivity contribution in [3.05, 3.63) is 52.6 Å². The minimum absolute atomic E-state index is 0.0352. The largest absolute Gasteiger partial charge is 0.335 e. The third-order valence-corrected chi connectivity index (χ3v) is 7.83. The van der Waals surface area contributed by atoms with Crippen LogP contribution < -0.4 is 0 Å². The number of aryl methyl sites for hydroxylation is 2. The topological polar surface area (TPSA) is 88.4 Å². The lowest BCUT2D eigenvalue weighted by atomic mass is 10.2. The first kappa shape index (κ1) is 19.7. The summed E-state index contributed by atoms with van der Waals surface area (Å²) in [4.78, 5) is 19.4. The maximum absolute atomic E-state index is 13.3. The van der Waals surface area contributed by atoms with Crippen LogP contribution in [0.2, 0.25) is 0 Å². The quantitative estimate of drug-likeness (QED) is 0.630. The average molecular weight is 432 g/mol. The van der Waals surface area contributed by atoms with Gasteiger partial charge in [0.15, 0.2) is 0 Å². The number of thiophene rings is 1. The summed E-state index contributed by atoms with van der Waals surface area (Å²) in [5, 5.41) is 6.23. The number of piperazine rings is 1. The Labute approximate surface area is 173 Å². The van der Waals surface area contributed by atoms with Crippen LogP contribution in [0.4, 0.5) is 0 Å². The summed E-state index contributed by atoms with van der Waals surface area (Å²) >= 11 is 1.42. The van der Waals surface area contributed by atoms with E-state index in [1.807, 2.05) is 18.4 Å². The molecule has 1 amide bonds. The molecule has 0 N–H and O–H groups in total. The molecule has 0 bridgehead atoms. The fourth-order valence-corrected chi connectivity index (χ4v) is 5.87. The molecular formula is C19H21N5O3S2. The molecule has 1 fully saturated rings. The first-order chi connectivity index (χ1) is 13.9. The number of sulfonamides is 1. The molecule has 0 aliphatic carbocycles. The summed E-state index contributed by atoms with van der Waals surface area (Å²) in [5.41, 5.74) is 1.98. The second-order valence-electron chi connectivity index (χ2n) is 6.89. The van der Waals surface area contributed by atoms with Crippen molar-refractivity contribution in [1.29, 1.82) is 0 Å². The minimum atomic E-state index is -3.74. The number of hydrogen-bond acceptors (Lipinski definition) is 6. The Morgan fingerprint density at radius 1 is 1.17 bits per heavy atom. The second kappa shape index (κ2) is 7.69. The van der Waals surface area contributed by atoms with E-state index >= 15 is 0 Å². The maximum atomic E-state index is 13.3. The lowest BCUT2D eigenvalue weighted by Gasteiger charge is -2.33. The summed E-state index contributed by atoms with van der Waals surface area (Å²) in [7, 11) is -2.05. The minimum Gasteiger partial charge on any atom is -0.335 e. The Balaban J connectivity index is 1.55. The van der Waals surface area contributed by atoms with Gasteiger partial charge in [0, 0.05) is 57.4 Å². The van der Waals surface area contributed by atoms with E-state index in [1.165, 1.54) is 26.5 Å². The van der Waals surface area contributed by atoms with Crippen molar-refractivity contribution in [1.82, 2.24) is 24.0 Å². The number of carbonyl (C=O) groups is 1. The first-order valence-corrected chi connectivity index (χ1v) is 11.5. The van der Waals surface area contributed by atoms with Crippen molar-refractivity contribution >= 4 is 27.3 Å². The highest BCUT2D eigenvalue weighted by Gasteiger charge is 2.34. The molecule has 4 rings (SSSR count). The molecule has 1 saturated heterocycles. The van der Waals surface area contributed by atoms with E-state index < -0.39 is 10.0 Å². The standard InChI is InChI=1S/C19H21N5O3S2/c1-14-5-11-28-18(14)19(25)23-7-9-24(10-8-23)29(26,27)16-13-22(2)21-17(16)15-4-3-6-20-12-15/h3-6,11-13H,7-10H2,1-2H3. The zero-order valence-electron chi connectivity index (χ0n) is 16.1. The van der Waals surface area contributed by atoms with E-state index in [9.17, 15) is 13.2 Å². The Kier molecular flexibility index (Phi) is 5.24. The van der Waals surface area contributed by atoms with Crippen molar-refractivity contribution in [3.8, 4) is 11.3 Å². The molecule has 1 aliphatic heterocycles. The molecule has 0 saturated carbocycles. The molecule has 4 heterocycles. The zero-order chi connectivity index (χ0) is 20.6. The molecule has 1 aliphatic rings. The van der Waals surface area contributed by atoms with Gasteiger partial charge in [-0.25, -0.2) is 8.42 Å². The molecule has 10 heteroatoms. The fraction of sp³-hybridized carbons (Fsp3) is 0.316. The van der Waals surface area contributed by atoms with Gasteiger partial charge in [-0.3, -0.25) is 14.5 Å². The van der Waals surface area contributed by atoms with Crippen LogP contribution in [0, 0.1) is 6.92 Å². The van der Waals surface area contributed by atoms with Crippen molar-refractivity contribution in [3.63, 3.8) is 0 Å². The number of rotatable bonds is 4. The van der Waals surface area contributed by atoms with Crippen LogP contribution in [0.3, 0.4) is 0 Å².